The van der Waals surface area contributed by atoms with Gasteiger partial charge in [0.1, 0.15) is 0 Å². The Morgan fingerprint density at radius 1 is 1.15 bits per heavy atom. The fraction of sp³-hybridized carbons (Fsp3) is 0.273. The second kappa shape index (κ2) is 8.93. The van der Waals surface area contributed by atoms with Crippen LogP contribution in [0.1, 0.15) is 35.2 Å². The minimum atomic E-state index is -4.34. The van der Waals surface area contributed by atoms with Crippen molar-refractivity contribution >= 4 is 34.7 Å². The third kappa shape index (κ3) is 5.30. The molecule has 1 aliphatic rings. The zero-order chi connectivity index (χ0) is 23.6. The fourth-order valence-electron chi connectivity index (χ4n) is 3.60. The molecule has 3 aromatic rings. The lowest BCUT2D eigenvalue weighted by atomic mass is 10.00. The number of nitrogens with zero attached hydrogens (tertiary/aromatic N) is 4. The number of nitrogens with one attached hydrogen (secondary N) is 1. The molecule has 0 atom stereocenters. The lowest BCUT2D eigenvalue weighted by molar-refractivity contribution is -0.148. The maximum absolute atomic E-state index is 12.4. The number of hydrogen-bond donors (Lipinski definition) is 2. The summed E-state index contributed by atoms with van der Waals surface area (Å²) < 4.78 is 38.8. The number of carbonyl (C=O) groups excluding carboxylic acids is 2. The van der Waals surface area contributed by atoms with E-state index in [9.17, 15) is 22.8 Å². The van der Waals surface area contributed by atoms with Gasteiger partial charge in [0.2, 0.25) is 17.8 Å². The zero-order valence-electron chi connectivity index (χ0n) is 17.5. The first-order valence-corrected chi connectivity index (χ1v) is 10.3. The van der Waals surface area contributed by atoms with Crippen LogP contribution in [0.15, 0.2) is 48.7 Å². The van der Waals surface area contributed by atoms with Gasteiger partial charge in [-0.3, -0.25) is 9.59 Å². The molecule has 3 N–H and O–H groups in total. The minimum absolute atomic E-state index is 0.249. The third-order valence-corrected chi connectivity index (χ3v) is 5.32. The van der Waals surface area contributed by atoms with Crippen LogP contribution in [-0.2, 0) is 4.79 Å². The van der Waals surface area contributed by atoms with Crippen LogP contribution in [0.4, 0.5) is 24.8 Å². The maximum atomic E-state index is 12.4. The Morgan fingerprint density at radius 3 is 2.55 bits per heavy atom. The average Bonchev–Trinajstić information content (AvgIpc) is 3.20. The SMILES string of the molecule is NC(=O)c1ccc(Nc2nc3c(C4=CCN(C(=O)CCC(F)(F)F)CC4)cccn3n2)cc1. The van der Waals surface area contributed by atoms with Crippen molar-refractivity contribution in [1.29, 1.82) is 0 Å². The number of nitrogens with two attached hydrogens (primary N) is 1. The molecule has 0 saturated heterocycles. The van der Waals surface area contributed by atoms with Crippen LogP contribution in [0, 0.1) is 0 Å². The molecule has 172 valence electrons. The number of halogens is 3. The molecular formula is C22H21F3N6O2. The van der Waals surface area contributed by atoms with Gasteiger partial charge < -0.3 is 16.0 Å². The second-order valence-electron chi connectivity index (χ2n) is 7.63. The predicted octanol–water partition coefficient (Wildman–Crippen LogP) is 3.53. The van der Waals surface area contributed by atoms with Crippen LogP contribution in [0.25, 0.3) is 11.2 Å². The van der Waals surface area contributed by atoms with E-state index in [1.807, 2.05) is 18.2 Å². The van der Waals surface area contributed by atoms with E-state index < -0.39 is 30.8 Å². The Morgan fingerprint density at radius 2 is 1.91 bits per heavy atom. The van der Waals surface area contributed by atoms with Gasteiger partial charge in [-0.25, -0.2) is 4.52 Å². The molecule has 11 heteroatoms. The highest BCUT2D eigenvalue weighted by Gasteiger charge is 2.29. The molecule has 4 rings (SSSR count). The number of benzene rings is 1. The van der Waals surface area contributed by atoms with E-state index in [1.54, 1.807) is 35.0 Å². The quantitative estimate of drug-likeness (QED) is 0.588. The number of carbonyl (C=O) groups is 2. The molecule has 0 radical (unpaired) electrons. The van der Waals surface area contributed by atoms with Crippen LogP contribution in [0.5, 0.6) is 0 Å². The number of rotatable bonds is 6. The summed E-state index contributed by atoms with van der Waals surface area (Å²) in [4.78, 5) is 29.3. The molecular weight excluding hydrogens is 437 g/mol. The highest BCUT2D eigenvalue weighted by atomic mass is 19.4. The van der Waals surface area contributed by atoms with Gasteiger partial charge in [0.15, 0.2) is 5.65 Å². The topological polar surface area (TPSA) is 106 Å². The van der Waals surface area contributed by atoms with E-state index in [0.717, 1.165) is 11.1 Å². The summed E-state index contributed by atoms with van der Waals surface area (Å²) in [5.74, 6) is -0.662. The summed E-state index contributed by atoms with van der Waals surface area (Å²) in [6.07, 6.45) is -1.90. The zero-order valence-corrected chi connectivity index (χ0v) is 17.5. The van der Waals surface area contributed by atoms with Gasteiger partial charge in [-0.2, -0.15) is 18.2 Å². The fourth-order valence-corrected chi connectivity index (χ4v) is 3.60. The van der Waals surface area contributed by atoms with Gasteiger partial charge >= 0.3 is 6.18 Å². The largest absolute Gasteiger partial charge is 0.389 e. The van der Waals surface area contributed by atoms with E-state index in [-0.39, 0.29) is 6.54 Å². The Balaban J connectivity index is 1.48. The smallest absolute Gasteiger partial charge is 0.366 e. The molecule has 0 saturated carbocycles. The molecule has 2 amide bonds. The van der Waals surface area contributed by atoms with E-state index in [1.165, 1.54) is 4.90 Å². The lowest BCUT2D eigenvalue weighted by Gasteiger charge is -2.27. The molecule has 1 aliphatic heterocycles. The molecule has 3 heterocycles. The highest BCUT2D eigenvalue weighted by Crippen LogP contribution is 2.28. The molecule has 33 heavy (non-hydrogen) atoms. The van der Waals surface area contributed by atoms with Crippen molar-refractivity contribution in [2.75, 3.05) is 18.4 Å². The summed E-state index contributed by atoms with van der Waals surface area (Å²) >= 11 is 0. The van der Waals surface area contributed by atoms with Crippen LogP contribution in [-0.4, -0.2) is 50.6 Å². The average molecular weight is 458 g/mol. The Kier molecular flexibility index (Phi) is 6.03. The predicted molar refractivity (Wildman–Crippen MR) is 116 cm³/mol. The second-order valence-corrected chi connectivity index (χ2v) is 7.63. The molecule has 0 unspecified atom stereocenters. The molecule has 0 aliphatic carbocycles. The lowest BCUT2D eigenvalue weighted by Crippen LogP contribution is -2.35. The monoisotopic (exact) mass is 458 g/mol. The number of pyridine rings is 1. The van der Waals surface area contributed by atoms with Crippen molar-refractivity contribution in [1.82, 2.24) is 19.5 Å². The Labute approximate surface area is 186 Å². The van der Waals surface area contributed by atoms with Crippen molar-refractivity contribution in [3.05, 3.63) is 59.8 Å². The number of amides is 2. The Hall–Kier alpha value is -3.89. The van der Waals surface area contributed by atoms with Gasteiger partial charge in [0, 0.05) is 42.5 Å². The van der Waals surface area contributed by atoms with Crippen molar-refractivity contribution in [2.24, 2.45) is 5.73 Å². The number of fused-ring (bicyclic) bond motifs is 1. The first kappa shape index (κ1) is 22.3. The van der Waals surface area contributed by atoms with Crippen LogP contribution in [0.3, 0.4) is 0 Å². The summed E-state index contributed by atoms with van der Waals surface area (Å²) in [7, 11) is 0. The third-order valence-electron chi connectivity index (χ3n) is 5.32. The maximum Gasteiger partial charge on any atom is 0.389 e. The van der Waals surface area contributed by atoms with Crippen LogP contribution in [0.2, 0.25) is 0 Å². The number of anilines is 2. The van der Waals surface area contributed by atoms with Crippen molar-refractivity contribution in [3.63, 3.8) is 0 Å². The van der Waals surface area contributed by atoms with E-state index in [0.29, 0.717) is 35.8 Å². The standard InChI is InChI=1S/C22H21F3N6O2/c23-22(24,25)10-7-18(32)30-12-8-14(9-13-30)17-2-1-11-31-20(17)28-21(29-31)27-16-5-3-15(4-6-16)19(26)33/h1-6,8,11H,7,9-10,12-13H2,(H2,26,33)(H,27,29). The molecule has 1 aromatic carbocycles. The first-order chi connectivity index (χ1) is 15.7. The first-order valence-electron chi connectivity index (χ1n) is 10.3. The van der Waals surface area contributed by atoms with Gasteiger partial charge in [-0.05, 0) is 48.4 Å². The van der Waals surface area contributed by atoms with E-state index in [4.69, 9.17) is 5.73 Å². The van der Waals surface area contributed by atoms with Crippen molar-refractivity contribution in [3.8, 4) is 0 Å². The summed E-state index contributed by atoms with van der Waals surface area (Å²) in [5, 5.41) is 7.49. The number of aromatic nitrogens is 3. The van der Waals surface area contributed by atoms with E-state index in [2.05, 4.69) is 15.4 Å². The molecule has 0 spiro atoms. The van der Waals surface area contributed by atoms with Gasteiger partial charge in [0.25, 0.3) is 0 Å². The van der Waals surface area contributed by atoms with Gasteiger partial charge in [-0.15, -0.1) is 5.10 Å². The summed E-state index contributed by atoms with van der Waals surface area (Å²) in [5.41, 5.74) is 8.72. The van der Waals surface area contributed by atoms with Crippen molar-refractivity contribution in [2.45, 2.75) is 25.4 Å². The van der Waals surface area contributed by atoms with Gasteiger partial charge in [-0.1, -0.05) is 6.08 Å². The Bertz CT molecular complexity index is 1220. The molecule has 0 bridgehead atoms. The molecule has 8 nitrogen and oxygen atoms in total. The molecule has 2 aromatic heterocycles. The minimum Gasteiger partial charge on any atom is -0.366 e. The summed E-state index contributed by atoms with van der Waals surface area (Å²) in [6, 6.07) is 10.3. The normalized spacial score (nSPS) is 14.3. The molecule has 0 fully saturated rings. The number of hydrogen-bond acceptors (Lipinski definition) is 5. The van der Waals surface area contributed by atoms with E-state index >= 15 is 0 Å². The highest BCUT2D eigenvalue weighted by molar-refractivity contribution is 5.93. The van der Waals surface area contributed by atoms with Crippen LogP contribution >= 0.6 is 0 Å². The van der Waals surface area contributed by atoms with Crippen molar-refractivity contribution < 1.29 is 22.8 Å². The number of primary amides is 1. The summed E-state index contributed by atoms with van der Waals surface area (Å²) in [6.45, 7) is 0.591. The van der Waals surface area contributed by atoms with Crippen LogP contribution < -0.4 is 11.1 Å². The van der Waals surface area contributed by atoms with Gasteiger partial charge in [0.05, 0.1) is 6.42 Å². The number of alkyl halides is 3.